The fraction of sp³-hybridized carbons (Fsp3) is 0.741. The van der Waals surface area contributed by atoms with Crippen molar-refractivity contribution in [2.45, 2.75) is 107 Å². The Kier molecular flexibility index (Phi) is 46.0. The minimum atomic E-state index is 0.663. The highest BCUT2D eigenvalue weighted by Gasteiger charge is 1.90. The molecule has 0 aromatic carbocycles. The molecule has 30 heavy (non-hydrogen) atoms. The van der Waals surface area contributed by atoms with Gasteiger partial charge in [0.05, 0.1) is 6.54 Å². The van der Waals surface area contributed by atoms with E-state index in [4.69, 9.17) is 0 Å². The Morgan fingerprint density at radius 2 is 1.37 bits per heavy atom. The molecule has 0 spiro atoms. The van der Waals surface area contributed by atoms with Crippen LogP contribution in [-0.2, 0) is 0 Å². The van der Waals surface area contributed by atoms with Crippen molar-refractivity contribution in [1.82, 2.24) is 10.6 Å². The Labute approximate surface area is 191 Å². The average Bonchev–Trinajstić information content (AvgIpc) is 2.76. The highest BCUT2D eigenvalue weighted by atomic mass is 14.9. The lowest BCUT2D eigenvalue weighted by Gasteiger charge is -2.05. The van der Waals surface area contributed by atoms with Crippen molar-refractivity contribution >= 4 is 6.21 Å². The molecule has 0 saturated heterocycles. The number of nitrogens with zero attached hydrogens (tertiary/aromatic N) is 1. The summed E-state index contributed by atoms with van der Waals surface area (Å²) < 4.78 is 0. The molecule has 0 aliphatic heterocycles. The van der Waals surface area contributed by atoms with Crippen LogP contribution >= 0.6 is 0 Å². The lowest BCUT2D eigenvalue weighted by atomic mass is 10.2. The van der Waals surface area contributed by atoms with E-state index in [1.54, 1.807) is 6.21 Å². The van der Waals surface area contributed by atoms with Gasteiger partial charge < -0.3 is 10.6 Å². The first kappa shape index (κ1) is 36.0. The van der Waals surface area contributed by atoms with Gasteiger partial charge in [-0.3, -0.25) is 4.99 Å². The molecule has 0 atom stereocenters. The van der Waals surface area contributed by atoms with Gasteiger partial charge in [0.15, 0.2) is 0 Å². The summed E-state index contributed by atoms with van der Waals surface area (Å²) in [6.45, 7) is 28.7. The molecule has 0 aromatic rings. The monoisotopic (exact) mass is 423 g/mol. The zero-order valence-corrected chi connectivity index (χ0v) is 22.1. The van der Waals surface area contributed by atoms with E-state index in [2.05, 4.69) is 63.4 Å². The Bertz CT molecular complexity index is 364. The largest absolute Gasteiger partial charge is 0.386 e. The maximum atomic E-state index is 4.12. The van der Waals surface area contributed by atoms with Crippen LogP contribution in [0.4, 0.5) is 0 Å². The molecule has 0 bridgehead atoms. The summed E-state index contributed by atoms with van der Waals surface area (Å²) in [4.78, 5) is 4.12. The smallest absolute Gasteiger partial charge is 0.0630 e. The van der Waals surface area contributed by atoms with Crippen LogP contribution in [0.1, 0.15) is 107 Å². The fourth-order valence-corrected chi connectivity index (χ4v) is 1.94. The average molecular weight is 424 g/mol. The van der Waals surface area contributed by atoms with E-state index in [1.165, 1.54) is 64.5 Å². The van der Waals surface area contributed by atoms with Crippen LogP contribution in [0.25, 0.3) is 0 Å². The van der Waals surface area contributed by atoms with E-state index in [0.717, 1.165) is 17.8 Å². The molecule has 0 fully saturated rings. The third-order valence-electron chi connectivity index (χ3n) is 3.51. The second-order valence-electron chi connectivity index (χ2n) is 6.91. The molecule has 0 aliphatic carbocycles. The quantitative estimate of drug-likeness (QED) is 0.158. The summed E-state index contributed by atoms with van der Waals surface area (Å²) >= 11 is 0. The van der Waals surface area contributed by atoms with Gasteiger partial charge in [0.2, 0.25) is 0 Å². The molecule has 3 nitrogen and oxygen atoms in total. The van der Waals surface area contributed by atoms with Gasteiger partial charge in [-0.05, 0) is 57.1 Å². The van der Waals surface area contributed by atoms with E-state index in [-0.39, 0.29) is 0 Å². The highest BCUT2D eigenvalue weighted by molar-refractivity contribution is 5.53. The summed E-state index contributed by atoms with van der Waals surface area (Å²) in [5.74, 6) is 0. The van der Waals surface area contributed by atoms with Gasteiger partial charge in [-0.15, -0.1) is 0 Å². The van der Waals surface area contributed by atoms with Crippen LogP contribution < -0.4 is 10.6 Å². The van der Waals surface area contributed by atoms with Gasteiger partial charge in [-0.1, -0.05) is 99.8 Å². The van der Waals surface area contributed by atoms with Gasteiger partial charge >= 0.3 is 0 Å². The first-order valence-corrected chi connectivity index (χ1v) is 12.5. The van der Waals surface area contributed by atoms with Crippen molar-refractivity contribution in [2.24, 2.45) is 4.99 Å². The molecule has 0 aliphatic rings. The topological polar surface area (TPSA) is 36.4 Å². The van der Waals surface area contributed by atoms with Crippen molar-refractivity contribution in [2.75, 3.05) is 26.2 Å². The Hall–Kier alpha value is -1.35. The molecular weight excluding hydrogens is 366 g/mol. The number of aliphatic imine (C=N–C) groups is 1. The third kappa shape index (κ3) is 45.4. The van der Waals surface area contributed by atoms with E-state index in [9.17, 15) is 0 Å². The van der Waals surface area contributed by atoms with Gasteiger partial charge in [0.25, 0.3) is 0 Å². The van der Waals surface area contributed by atoms with E-state index < -0.39 is 0 Å². The second-order valence-corrected chi connectivity index (χ2v) is 6.91. The van der Waals surface area contributed by atoms with Gasteiger partial charge in [-0.25, -0.2) is 0 Å². The lowest BCUT2D eigenvalue weighted by molar-refractivity contribution is 0.633. The van der Waals surface area contributed by atoms with E-state index in [1.807, 2.05) is 32.9 Å². The summed E-state index contributed by atoms with van der Waals surface area (Å²) in [6.07, 6.45) is 15.9. The molecule has 0 saturated carbocycles. The molecule has 180 valence electrons. The van der Waals surface area contributed by atoms with Crippen molar-refractivity contribution in [3.63, 3.8) is 0 Å². The molecular formula is C27H57N3. The number of hydrogen-bond donors (Lipinski definition) is 2. The minimum Gasteiger partial charge on any atom is -0.386 e. The summed E-state index contributed by atoms with van der Waals surface area (Å²) in [7, 11) is 0. The molecule has 3 heteroatoms. The van der Waals surface area contributed by atoms with Crippen molar-refractivity contribution < 1.29 is 0 Å². The number of allylic oxidation sites excluding steroid dienone is 1. The predicted octanol–water partition coefficient (Wildman–Crippen LogP) is 8.10. The second kappa shape index (κ2) is 38.3. The van der Waals surface area contributed by atoms with Crippen LogP contribution in [0.5, 0.6) is 0 Å². The van der Waals surface area contributed by atoms with Crippen LogP contribution in [-0.4, -0.2) is 32.4 Å². The first-order valence-electron chi connectivity index (χ1n) is 12.5. The fourth-order valence-electron chi connectivity index (χ4n) is 1.94. The van der Waals surface area contributed by atoms with Gasteiger partial charge in [0, 0.05) is 12.2 Å². The standard InChI is InChI=1S/C15H26N2.C7H17N.C3H8.C2H6/c1-5-7-8-9-12-17-15(4)11-10-14(3)13-16-6-2;1-3-5-7-8-6-4-2;1-3-2;1-2/h6,10-11,17H,3-5,7-9,12-13H2,1-2H3;8H,3-7H2,1-2H3;3H2,1-2H3;1-2H3/b11-10-,16-6?;;;. The van der Waals surface area contributed by atoms with Gasteiger partial charge in [-0.2, -0.15) is 0 Å². The molecule has 0 heterocycles. The third-order valence-corrected chi connectivity index (χ3v) is 3.51. The molecule has 0 unspecified atom stereocenters. The summed E-state index contributed by atoms with van der Waals surface area (Å²) in [5.41, 5.74) is 1.94. The molecule has 0 radical (unpaired) electrons. The number of hydrogen-bond acceptors (Lipinski definition) is 3. The van der Waals surface area contributed by atoms with Gasteiger partial charge in [0.1, 0.15) is 0 Å². The van der Waals surface area contributed by atoms with Crippen molar-refractivity contribution in [3.8, 4) is 0 Å². The Balaban J connectivity index is -0.000000216. The SMILES string of the molecule is C=C(/C=C\C(=C)NCCCCCC)CN=CC.CC.CCC.CCCCNCCC. The van der Waals surface area contributed by atoms with Crippen LogP contribution in [0, 0.1) is 0 Å². The number of rotatable bonds is 15. The van der Waals surface area contributed by atoms with Crippen LogP contribution in [0.2, 0.25) is 0 Å². The molecule has 0 aromatic heterocycles. The maximum absolute atomic E-state index is 4.12. The number of nitrogens with one attached hydrogen (secondary N) is 2. The minimum absolute atomic E-state index is 0.663. The summed E-state index contributed by atoms with van der Waals surface area (Å²) in [6, 6.07) is 0. The predicted molar refractivity (Wildman–Crippen MR) is 144 cm³/mol. The maximum Gasteiger partial charge on any atom is 0.0630 e. The molecule has 0 rings (SSSR count). The van der Waals surface area contributed by atoms with E-state index in [0.29, 0.717) is 6.54 Å². The van der Waals surface area contributed by atoms with Crippen molar-refractivity contribution in [1.29, 1.82) is 0 Å². The Morgan fingerprint density at radius 1 is 0.767 bits per heavy atom. The first-order chi connectivity index (χ1) is 14.5. The Morgan fingerprint density at radius 3 is 1.87 bits per heavy atom. The summed E-state index contributed by atoms with van der Waals surface area (Å²) in [5, 5.41) is 6.63. The normalized spacial score (nSPS) is 9.73. The molecule has 0 amide bonds. The highest BCUT2D eigenvalue weighted by Crippen LogP contribution is 2.00. The van der Waals surface area contributed by atoms with Crippen LogP contribution in [0.3, 0.4) is 0 Å². The van der Waals surface area contributed by atoms with Crippen LogP contribution in [0.15, 0.2) is 41.6 Å². The lowest BCUT2D eigenvalue weighted by Crippen LogP contribution is -2.15. The molecule has 2 N–H and O–H groups in total. The van der Waals surface area contributed by atoms with Crippen molar-refractivity contribution in [3.05, 3.63) is 36.6 Å². The van der Waals surface area contributed by atoms with E-state index >= 15 is 0 Å². The zero-order valence-electron chi connectivity index (χ0n) is 22.1. The number of unbranched alkanes of at least 4 members (excludes halogenated alkanes) is 4. The zero-order chi connectivity index (χ0) is 23.9.